The number of amides is 1. The summed E-state index contributed by atoms with van der Waals surface area (Å²) in [6.45, 7) is 3.97. The Morgan fingerprint density at radius 3 is 3.06 bits per heavy atom. The van der Waals surface area contributed by atoms with Crippen molar-refractivity contribution in [1.82, 2.24) is 14.5 Å². The molecule has 2 atom stereocenters. The fourth-order valence-electron chi connectivity index (χ4n) is 2.49. The van der Waals surface area contributed by atoms with E-state index in [4.69, 9.17) is 10.5 Å². The Labute approximate surface area is 107 Å². The van der Waals surface area contributed by atoms with Crippen molar-refractivity contribution in [3.8, 4) is 0 Å². The number of rotatable bonds is 5. The number of carbonyl (C=O) groups excluding carboxylic acids is 1. The third-order valence-corrected chi connectivity index (χ3v) is 3.40. The topological polar surface area (TPSA) is 73.4 Å². The van der Waals surface area contributed by atoms with Gasteiger partial charge in [0.25, 0.3) is 0 Å². The van der Waals surface area contributed by atoms with Crippen molar-refractivity contribution < 1.29 is 9.53 Å². The Morgan fingerprint density at radius 1 is 1.61 bits per heavy atom. The molecule has 18 heavy (non-hydrogen) atoms. The molecule has 1 saturated heterocycles. The van der Waals surface area contributed by atoms with Gasteiger partial charge in [-0.2, -0.15) is 0 Å². The van der Waals surface area contributed by atoms with Crippen LogP contribution in [0.5, 0.6) is 0 Å². The second-order valence-electron chi connectivity index (χ2n) is 4.50. The van der Waals surface area contributed by atoms with Crippen LogP contribution in [0.3, 0.4) is 0 Å². The number of nitrogens with zero attached hydrogens (tertiary/aromatic N) is 3. The first-order chi connectivity index (χ1) is 8.69. The number of nitrogens with two attached hydrogens (primary N) is 1. The summed E-state index contributed by atoms with van der Waals surface area (Å²) >= 11 is 0. The highest BCUT2D eigenvalue weighted by Crippen LogP contribution is 2.31. The van der Waals surface area contributed by atoms with Crippen LogP contribution in [0, 0.1) is 0 Å². The molecule has 0 bridgehead atoms. The van der Waals surface area contributed by atoms with Crippen LogP contribution < -0.4 is 5.73 Å². The van der Waals surface area contributed by atoms with Gasteiger partial charge in [-0.15, -0.1) is 0 Å². The molecule has 2 rings (SSSR count). The summed E-state index contributed by atoms with van der Waals surface area (Å²) in [6.07, 6.45) is 3.97. The van der Waals surface area contributed by atoms with Crippen molar-refractivity contribution >= 4 is 5.91 Å². The minimum atomic E-state index is -0.170. The van der Waals surface area contributed by atoms with E-state index in [1.807, 2.05) is 11.5 Å². The Bertz CT molecular complexity index is 418. The molecule has 0 aliphatic carbocycles. The molecule has 1 amide bonds. The second-order valence-corrected chi connectivity index (χ2v) is 4.50. The van der Waals surface area contributed by atoms with Gasteiger partial charge in [0.2, 0.25) is 5.91 Å². The van der Waals surface area contributed by atoms with E-state index in [2.05, 4.69) is 4.98 Å². The molecule has 1 aromatic rings. The monoisotopic (exact) mass is 252 g/mol. The predicted molar refractivity (Wildman–Crippen MR) is 66.8 cm³/mol. The second kappa shape index (κ2) is 5.49. The number of imidazole rings is 1. The van der Waals surface area contributed by atoms with Gasteiger partial charge in [-0.05, 0) is 6.92 Å². The smallest absolute Gasteiger partial charge is 0.224 e. The van der Waals surface area contributed by atoms with Crippen LogP contribution in [0.25, 0.3) is 0 Å². The van der Waals surface area contributed by atoms with E-state index in [1.54, 1.807) is 24.5 Å². The number of aryl methyl sites for hydroxylation is 1. The maximum atomic E-state index is 12.0. The molecule has 100 valence electrons. The molecule has 1 aliphatic heterocycles. The Morgan fingerprint density at radius 2 is 2.39 bits per heavy atom. The van der Waals surface area contributed by atoms with Crippen LogP contribution in [0.4, 0.5) is 0 Å². The first kappa shape index (κ1) is 13.0. The first-order valence-electron chi connectivity index (χ1n) is 6.23. The molecule has 2 N–H and O–H groups in total. The summed E-state index contributed by atoms with van der Waals surface area (Å²) in [6, 6.07) is -0.258. The highest BCUT2D eigenvalue weighted by Gasteiger charge is 2.39. The van der Waals surface area contributed by atoms with Crippen molar-refractivity contribution in [2.45, 2.75) is 32.0 Å². The normalized spacial score (nSPS) is 23.9. The van der Waals surface area contributed by atoms with Gasteiger partial charge in [-0.1, -0.05) is 0 Å². The maximum Gasteiger partial charge on any atom is 0.224 e. The lowest BCUT2D eigenvalue weighted by atomic mass is 10.1. The fraction of sp³-hybridized carbons (Fsp3) is 0.667. The van der Waals surface area contributed by atoms with Crippen LogP contribution in [0.1, 0.15) is 25.1 Å². The van der Waals surface area contributed by atoms with Crippen LogP contribution in [0.15, 0.2) is 12.5 Å². The summed E-state index contributed by atoms with van der Waals surface area (Å²) in [5, 5.41) is 0. The maximum absolute atomic E-state index is 12.0. The van der Waals surface area contributed by atoms with E-state index in [-0.39, 0.29) is 18.0 Å². The number of ether oxygens (including phenoxy) is 1. The van der Waals surface area contributed by atoms with Gasteiger partial charge < -0.3 is 19.9 Å². The number of carbonyl (C=O) groups is 1. The number of methoxy groups -OCH3 is 1. The molecule has 6 nitrogen and oxygen atoms in total. The number of hydrogen-bond donors (Lipinski definition) is 1. The lowest BCUT2D eigenvalue weighted by molar-refractivity contribution is -0.129. The number of aromatic nitrogens is 2. The molecule has 0 aromatic carbocycles. The first-order valence-corrected chi connectivity index (χ1v) is 6.23. The molecule has 0 spiro atoms. The molecular formula is C12H20N4O2. The standard InChI is InChI=1S/C12H20N4O2/c1-3-15-8-14-7-10(15)12-9(13)6-11(17)16(12)4-5-18-2/h7-9,12H,3-6,13H2,1-2H3. The van der Waals surface area contributed by atoms with E-state index < -0.39 is 0 Å². The molecule has 1 aliphatic rings. The van der Waals surface area contributed by atoms with Crippen molar-refractivity contribution in [2.75, 3.05) is 20.3 Å². The lowest BCUT2D eigenvalue weighted by Crippen LogP contribution is -2.36. The quantitative estimate of drug-likeness (QED) is 0.809. The summed E-state index contributed by atoms with van der Waals surface area (Å²) in [5.74, 6) is 0.0911. The highest BCUT2D eigenvalue weighted by molar-refractivity contribution is 5.80. The van der Waals surface area contributed by atoms with Crippen LogP contribution in [0.2, 0.25) is 0 Å². The number of hydrogen-bond acceptors (Lipinski definition) is 4. The molecule has 2 heterocycles. The van der Waals surface area contributed by atoms with Gasteiger partial charge in [0.1, 0.15) is 0 Å². The summed E-state index contributed by atoms with van der Waals surface area (Å²) in [4.78, 5) is 17.9. The van der Waals surface area contributed by atoms with E-state index in [0.29, 0.717) is 19.6 Å². The summed E-state index contributed by atoms with van der Waals surface area (Å²) < 4.78 is 7.08. The number of likely N-dealkylation sites (tertiary alicyclic amines) is 1. The largest absolute Gasteiger partial charge is 0.383 e. The van der Waals surface area contributed by atoms with Crippen LogP contribution in [-0.4, -0.2) is 46.7 Å². The third kappa shape index (κ3) is 2.26. The van der Waals surface area contributed by atoms with E-state index in [9.17, 15) is 4.79 Å². The van der Waals surface area contributed by atoms with Gasteiger partial charge in [0.15, 0.2) is 0 Å². The molecule has 2 unspecified atom stereocenters. The average Bonchev–Trinajstić information content (AvgIpc) is 2.90. The van der Waals surface area contributed by atoms with Gasteiger partial charge in [0, 0.05) is 32.7 Å². The summed E-state index contributed by atoms with van der Waals surface area (Å²) in [7, 11) is 1.63. The van der Waals surface area contributed by atoms with Gasteiger partial charge in [-0.3, -0.25) is 4.79 Å². The minimum absolute atomic E-state index is 0.0879. The molecule has 1 aromatic heterocycles. The molecular weight excluding hydrogens is 232 g/mol. The Balaban J connectivity index is 2.25. The fourth-order valence-corrected chi connectivity index (χ4v) is 2.49. The van der Waals surface area contributed by atoms with E-state index in [0.717, 1.165) is 12.2 Å². The van der Waals surface area contributed by atoms with Crippen molar-refractivity contribution in [3.05, 3.63) is 18.2 Å². The van der Waals surface area contributed by atoms with Crippen molar-refractivity contribution in [1.29, 1.82) is 0 Å². The van der Waals surface area contributed by atoms with E-state index >= 15 is 0 Å². The van der Waals surface area contributed by atoms with Crippen LogP contribution in [-0.2, 0) is 16.1 Å². The lowest BCUT2D eigenvalue weighted by Gasteiger charge is -2.27. The highest BCUT2D eigenvalue weighted by atomic mass is 16.5. The minimum Gasteiger partial charge on any atom is -0.383 e. The Hall–Kier alpha value is -1.40. The summed E-state index contributed by atoms with van der Waals surface area (Å²) in [5.41, 5.74) is 7.11. The predicted octanol–water partition coefficient (Wildman–Crippen LogP) is 0.150. The molecule has 1 fully saturated rings. The third-order valence-electron chi connectivity index (χ3n) is 3.40. The zero-order chi connectivity index (χ0) is 13.1. The Kier molecular flexibility index (Phi) is 3.98. The molecule has 0 saturated carbocycles. The van der Waals surface area contributed by atoms with Gasteiger partial charge in [-0.25, -0.2) is 4.98 Å². The SMILES string of the molecule is CCn1cncc1C1C(N)CC(=O)N1CCOC. The van der Waals surface area contributed by atoms with Gasteiger partial charge >= 0.3 is 0 Å². The van der Waals surface area contributed by atoms with E-state index in [1.165, 1.54) is 0 Å². The van der Waals surface area contributed by atoms with Gasteiger partial charge in [0.05, 0.1) is 30.9 Å². The zero-order valence-electron chi connectivity index (χ0n) is 10.9. The molecule has 0 radical (unpaired) electrons. The van der Waals surface area contributed by atoms with Crippen molar-refractivity contribution in [3.63, 3.8) is 0 Å². The molecule has 6 heteroatoms. The zero-order valence-corrected chi connectivity index (χ0v) is 10.9. The average molecular weight is 252 g/mol. The van der Waals surface area contributed by atoms with Crippen LogP contribution >= 0.6 is 0 Å². The van der Waals surface area contributed by atoms with Crippen molar-refractivity contribution in [2.24, 2.45) is 5.73 Å².